The molecule has 4 heterocycles. The largest absolute Gasteiger partial charge is 0.356 e. The van der Waals surface area contributed by atoms with E-state index in [1.54, 1.807) is 23.2 Å². The zero-order valence-corrected chi connectivity index (χ0v) is 16.5. The molecular formula is C18H21N5OS2. The van der Waals surface area contributed by atoms with Crippen LogP contribution < -0.4 is 10.2 Å². The van der Waals surface area contributed by atoms with Crippen LogP contribution in [0.5, 0.6) is 0 Å². The molecule has 3 aromatic rings. The highest BCUT2D eigenvalue weighted by Crippen LogP contribution is 2.31. The molecular weight excluding hydrogens is 366 g/mol. The molecule has 8 heteroatoms. The summed E-state index contributed by atoms with van der Waals surface area (Å²) in [5, 5.41) is 4.31. The van der Waals surface area contributed by atoms with Crippen molar-refractivity contribution in [1.29, 1.82) is 0 Å². The Hall–Kier alpha value is -2.06. The van der Waals surface area contributed by atoms with E-state index >= 15 is 0 Å². The minimum absolute atomic E-state index is 0.00158. The Morgan fingerprint density at radius 3 is 2.81 bits per heavy atom. The third-order valence-corrected chi connectivity index (χ3v) is 6.90. The van der Waals surface area contributed by atoms with Crippen molar-refractivity contribution in [2.24, 2.45) is 0 Å². The predicted molar refractivity (Wildman–Crippen MR) is 106 cm³/mol. The molecule has 1 saturated heterocycles. The summed E-state index contributed by atoms with van der Waals surface area (Å²) >= 11 is 3.14. The van der Waals surface area contributed by atoms with Crippen LogP contribution in [0.2, 0.25) is 0 Å². The minimum Gasteiger partial charge on any atom is -0.356 e. The number of carbonyl (C=O) groups excluding carboxylic acids is 1. The second kappa shape index (κ2) is 7.28. The molecule has 1 amide bonds. The first-order valence-electron chi connectivity index (χ1n) is 8.85. The molecule has 1 aliphatic rings. The number of nitrogens with zero attached hydrogens (tertiary/aromatic N) is 4. The van der Waals surface area contributed by atoms with Crippen LogP contribution in [-0.4, -0.2) is 40.0 Å². The van der Waals surface area contributed by atoms with E-state index in [2.05, 4.69) is 38.2 Å². The fraction of sp³-hybridized carbons (Fsp3) is 0.444. The highest BCUT2D eigenvalue weighted by atomic mass is 32.1. The Kier molecular flexibility index (Phi) is 4.86. The number of hydrogen-bond donors (Lipinski definition) is 1. The molecule has 0 aliphatic carbocycles. The van der Waals surface area contributed by atoms with Gasteiger partial charge in [-0.05, 0) is 32.3 Å². The quantitative estimate of drug-likeness (QED) is 0.743. The number of thiophene rings is 1. The van der Waals surface area contributed by atoms with E-state index in [1.807, 2.05) is 6.92 Å². The fourth-order valence-corrected chi connectivity index (χ4v) is 4.96. The summed E-state index contributed by atoms with van der Waals surface area (Å²) in [4.78, 5) is 30.9. The molecule has 1 fully saturated rings. The summed E-state index contributed by atoms with van der Waals surface area (Å²) < 4.78 is 0. The predicted octanol–water partition coefficient (Wildman–Crippen LogP) is 3.42. The molecule has 136 valence electrons. The zero-order valence-electron chi connectivity index (χ0n) is 14.9. The number of nitrogens with one attached hydrogen (secondary N) is 1. The van der Waals surface area contributed by atoms with Crippen molar-refractivity contribution >= 4 is 44.6 Å². The molecule has 0 aromatic carbocycles. The maximum atomic E-state index is 12.4. The average Bonchev–Trinajstić information content (AvgIpc) is 3.27. The van der Waals surface area contributed by atoms with Gasteiger partial charge >= 0.3 is 0 Å². The van der Waals surface area contributed by atoms with Crippen LogP contribution in [-0.2, 0) is 6.42 Å². The molecule has 0 saturated carbocycles. The zero-order chi connectivity index (χ0) is 18.1. The molecule has 6 nitrogen and oxygen atoms in total. The van der Waals surface area contributed by atoms with Gasteiger partial charge < -0.3 is 10.2 Å². The molecule has 0 atom stereocenters. The standard InChI is InChI=1S/C18H21N5OS2/c1-3-13-8-14-16(19-9-20-18(14)26-13)23-6-4-12(5-7-23)22-17(24)15-11(2)21-10-25-15/h8-10,12H,3-7H2,1-2H3,(H,22,24). The van der Waals surface area contributed by atoms with Gasteiger partial charge in [-0.3, -0.25) is 4.79 Å². The minimum atomic E-state index is -0.00158. The summed E-state index contributed by atoms with van der Waals surface area (Å²) in [5.74, 6) is 1.02. The van der Waals surface area contributed by atoms with Crippen molar-refractivity contribution in [1.82, 2.24) is 20.3 Å². The Morgan fingerprint density at radius 2 is 2.12 bits per heavy atom. The third kappa shape index (κ3) is 3.31. The highest BCUT2D eigenvalue weighted by Gasteiger charge is 2.24. The number of aryl methyl sites for hydroxylation is 2. The second-order valence-electron chi connectivity index (χ2n) is 6.48. The van der Waals surface area contributed by atoms with E-state index in [0.717, 1.165) is 59.0 Å². The summed E-state index contributed by atoms with van der Waals surface area (Å²) in [7, 11) is 0. The molecule has 26 heavy (non-hydrogen) atoms. The summed E-state index contributed by atoms with van der Waals surface area (Å²) in [5.41, 5.74) is 2.52. The number of fused-ring (bicyclic) bond motifs is 1. The van der Waals surface area contributed by atoms with Crippen LogP contribution in [0.3, 0.4) is 0 Å². The normalized spacial score (nSPS) is 15.5. The molecule has 0 unspecified atom stereocenters. The molecule has 1 N–H and O–H groups in total. The van der Waals surface area contributed by atoms with E-state index < -0.39 is 0 Å². The molecule has 1 aliphatic heterocycles. The lowest BCUT2D eigenvalue weighted by molar-refractivity contribution is 0.0934. The van der Waals surface area contributed by atoms with Gasteiger partial charge in [-0.1, -0.05) is 6.92 Å². The van der Waals surface area contributed by atoms with Crippen LogP contribution in [0.25, 0.3) is 10.2 Å². The Labute approximate surface area is 160 Å². The summed E-state index contributed by atoms with van der Waals surface area (Å²) in [6.45, 7) is 5.81. The van der Waals surface area contributed by atoms with Gasteiger partial charge in [0, 0.05) is 24.0 Å². The Bertz CT molecular complexity index is 927. The summed E-state index contributed by atoms with van der Waals surface area (Å²) in [6.07, 6.45) is 4.51. The monoisotopic (exact) mass is 387 g/mol. The number of piperidine rings is 1. The maximum Gasteiger partial charge on any atom is 0.263 e. The van der Waals surface area contributed by atoms with Crippen LogP contribution in [0.15, 0.2) is 17.9 Å². The average molecular weight is 388 g/mol. The van der Waals surface area contributed by atoms with E-state index in [1.165, 1.54) is 16.2 Å². The number of anilines is 1. The van der Waals surface area contributed by atoms with Crippen LogP contribution in [0.4, 0.5) is 5.82 Å². The van der Waals surface area contributed by atoms with Crippen molar-refractivity contribution in [3.05, 3.63) is 33.4 Å². The summed E-state index contributed by atoms with van der Waals surface area (Å²) in [6, 6.07) is 2.42. The van der Waals surface area contributed by atoms with E-state index in [4.69, 9.17) is 0 Å². The van der Waals surface area contributed by atoms with Crippen LogP contribution >= 0.6 is 22.7 Å². The Morgan fingerprint density at radius 1 is 1.31 bits per heavy atom. The number of amides is 1. The molecule has 0 bridgehead atoms. The first-order valence-corrected chi connectivity index (χ1v) is 10.5. The van der Waals surface area contributed by atoms with Crippen molar-refractivity contribution < 1.29 is 4.79 Å². The second-order valence-corrected chi connectivity index (χ2v) is 8.45. The molecule has 0 spiro atoms. The SMILES string of the molecule is CCc1cc2c(N3CCC(NC(=O)c4scnc4C)CC3)ncnc2s1. The Balaban J connectivity index is 1.43. The van der Waals surface area contributed by atoms with Gasteiger partial charge in [0.2, 0.25) is 0 Å². The first kappa shape index (κ1) is 17.4. The third-order valence-electron chi connectivity index (χ3n) is 4.79. The van der Waals surface area contributed by atoms with Crippen molar-refractivity contribution in [2.45, 2.75) is 39.2 Å². The number of hydrogen-bond acceptors (Lipinski definition) is 7. The van der Waals surface area contributed by atoms with Gasteiger partial charge in [-0.2, -0.15) is 0 Å². The number of aromatic nitrogens is 3. The van der Waals surface area contributed by atoms with E-state index in [-0.39, 0.29) is 11.9 Å². The van der Waals surface area contributed by atoms with Gasteiger partial charge in [-0.25, -0.2) is 15.0 Å². The topological polar surface area (TPSA) is 71.0 Å². The molecule has 3 aromatic heterocycles. The van der Waals surface area contributed by atoms with Gasteiger partial charge in [0.1, 0.15) is 21.9 Å². The van der Waals surface area contributed by atoms with Gasteiger partial charge in [-0.15, -0.1) is 22.7 Å². The van der Waals surface area contributed by atoms with Crippen molar-refractivity contribution in [3.63, 3.8) is 0 Å². The number of rotatable bonds is 4. The van der Waals surface area contributed by atoms with Crippen LogP contribution in [0, 0.1) is 6.92 Å². The van der Waals surface area contributed by atoms with E-state index in [9.17, 15) is 4.79 Å². The van der Waals surface area contributed by atoms with E-state index in [0.29, 0.717) is 0 Å². The van der Waals surface area contributed by atoms with Gasteiger partial charge in [0.25, 0.3) is 5.91 Å². The van der Waals surface area contributed by atoms with Crippen molar-refractivity contribution in [3.8, 4) is 0 Å². The van der Waals surface area contributed by atoms with Crippen LogP contribution in [0.1, 0.15) is 40.0 Å². The highest BCUT2D eigenvalue weighted by molar-refractivity contribution is 7.18. The lowest BCUT2D eigenvalue weighted by atomic mass is 10.0. The molecule has 0 radical (unpaired) electrons. The van der Waals surface area contributed by atoms with Gasteiger partial charge in [0.15, 0.2) is 0 Å². The lowest BCUT2D eigenvalue weighted by Crippen LogP contribution is -2.45. The maximum absolute atomic E-state index is 12.4. The lowest BCUT2D eigenvalue weighted by Gasteiger charge is -2.33. The number of thiazole rings is 1. The van der Waals surface area contributed by atoms with Gasteiger partial charge in [0.05, 0.1) is 16.6 Å². The van der Waals surface area contributed by atoms with Crippen molar-refractivity contribution in [2.75, 3.05) is 18.0 Å². The smallest absolute Gasteiger partial charge is 0.263 e. The first-order chi connectivity index (χ1) is 12.7. The number of carbonyl (C=O) groups is 1. The fourth-order valence-electron chi connectivity index (χ4n) is 3.33. The molecule has 4 rings (SSSR count).